The van der Waals surface area contributed by atoms with Gasteiger partial charge in [0, 0.05) is 11.3 Å². The number of nitrogen functional groups attached to an aromatic ring is 1. The number of rotatable bonds is 1. The largest absolute Gasteiger partial charge is 0.384 e. The minimum absolute atomic E-state index is 0.0355. The molecule has 0 atom stereocenters. The summed E-state index contributed by atoms with van der Waals surface area (Å²) in [5.41, 5.74) is 7.00. The van der Waals surface area contributed by atoms with Gasteiger partial charge in [0.25, 0.3) is 5.56 Å². The molecule has 0 saturated carbocycles. The first-order chi connectivity index (χ1) is 10.5. The molecule has 0 unspecified atom stereocenters. The van der Waals surface area contributed by atoms with E-state index in [1.807, 2.05) is 12.1 Å². The molecule has 0 bridgehead atoms. The maximum absolute atomic E-state index is 11.9. The fourth-order valence-corrected chi connectivity index (χ4v) is 2.52. The number of benzene rings is 1. The third-order valence-electron chi connectivity index (χ3n) is 3.49. The number of nitrogens with zero attached hydrogens (tertiary/aromatic N) is 2. The predicted molar refractivity (Wildman–Crippen MR) is 78.7 cm³/mol. The molecule has 22 heavy (non-hydrogen) atoms. The lowest BCUT2D eigenvalue weighted by Gasteiger charge is -2.10. The fourth-order valence-electron chi connectivity index (χ4n) is 2.52. The number of nitriles is 2. The number of pyridine rings is 1. The monoisotopic (exact) mass is 291 g/mol. The van der Waals surface area contributed by atoms with Crippen LogP contribution in [0.2, 0.25) is 0 Å². The number of aromatic amines is 1. The highest BCUT2D eigenvalue weighted by atomic mass is 16.1. The van der Waals surface area contributed by atoms with E-state index in [9.17, 15) is 20.1 Å². The third-order valence-corrected chi connectivity index (χ3v) is 3.49. The van der Waals surface area contributed by atoms with Crippen molar-refractivity contribution in [3.8, 4) is 23.3 Å². The first-order valence-corrected chi connectivity index (χ1v) is 6.34. The molecular formula is C15H9N5O2. The Balaban J connectivity index is 2.32. The minimum Gasteiger partial charge on any atom is -0.384 e. The Kier molecular flexibility index (Phi) is 2.90. The van der Waals surface area contributed by atoms with Gasteiger partial charge >= 0.3 is 0 Å². The number of hydrogen-bond donors (Lipinski definition) is 3. The van der Waals surface area contributed by atoms with Crippen molar-refractivity contribution in [3.05, 3.63) is 45.2 Å². The van der Waals surface area contributed by atoms with Crippen LogP contribution in [0, 0.1) is 22.7 Å². The van der Waals surface area contributed by atoms with Crippen LogP contribution in [0.4, 0.5) is 11.5 Å². The van der Waals surface area contributed by atoms with E-state index in [1.54, 1.807) is 18.2 Å². The number of nitrogens with two attached hydrogens (primary N) is 1. The van der Waals surface area contributed by atoms with Crippen molar-refractivity contribution < 1.29 is 4.79 Å². The van der Waals surface area contributed by atoms with Crippen molar-refractivity contribution in [1.29, 1.82) is 10.5 Å². The lowest BCUT2D eigenvalue weighted by molar-refractivity contribution is -0.115. The first kappa shape index (κ1) is 13.4. The van der Waals surface area contributed by atoms with Gasteiger partial charge in [-0.15, -0.1) is 0 Å². The van der Waals surface area contributed by atoms with Crippen LogP contribution in [0.3, 0.4) is 0 Å². The van der Waals surface area contributed by atoms with Crippen LogP contribution in [-0.4, -0.2) is 10.9 Å². The molecule has 2 heterocycles. The van der Waals surface area contributed by atoms with Gasteiger partial charge in [0.1, 0.15) is 29.1 Å². The van der Waals surface area contributed by atoms with Gasteiger partial charge in [-0.2, -0.15) is 10.5 Å². The molecule has 1 aromatic carbocycles. The SMILES string of the molecule is N#Cc1c(N)[nH]c(=O)c(C#N)c1-c1ccc2c(c1)CC(=O)N2. The standard InChI is InChI=1S/C15H9N5O2/c16-5-9-13(10(6-17)15(22)20-14(9)18)7-1-2-11-8(3-7)4-12(21)19-11/h1-3H,4H2,(H,19,21)(H3,18,20,22). The quantitative estimate of drug-likeness (QED) is 0.716. The van der Waals surface area contributed by atoms with Crippen molar-refractivity contribution >= 4 is 17.4 Å². The van der Waals surface area contributed by atoms with Crippen LogP contribution in [-0.2, 0) is 11.2 Å². The zero-order valence-corrected chi connectivity index (χ0v) is 11.2. The van der Waals surface area contributed by atoms with Crippen LogP contribution in [0.15, 0.2) is 23.0 Å². The topological polar surface area (TPSA) is 136 Å². The van der Waals surface area contributed by atoms with E-state index in [0.717, 1.165) is 5.56 Å². The summed E-state index contributed by atoms with van der Waals surface area (Å²) in [5, 5.41) is 21.2. The molecule has 2 aromatic rings. The summed E-state index contributed by atoms with van der Waals surface area (Å²) in [7, 11) is 0. The molecule has 0 fully saturated rings. The molecular weight excluding hydrogens is 282 g/mol. The van der Waals surface area contributed by atoms with Gasteiger partial charge in [0.2, 0.25) is 5.91 Å². The molecule has 0 radical (unpaired) electrons. The second kappa shape index (κ2) is 4.76. The van der Waals surface area contributed by atoms with Gasteiger partial charge in [0.15, 0.2) is 0 Å². The highest BCUT2D eigenvalue weighted by Crippen LogP contribution is 2.32. The van der Waals surface area contributed by atoms with E-state index in [-0.39, 0.29) is 34.8 Å². The van der Waals surface area contributed by atoms with E-state index in [2.05, 4.69) is 10.3 Å². The summed E-state index contributed by atoms with van der Waals surface area (Å²) in [6.07, 6.45) is 0.214. The van der Waals surface area contributed by atoms with E-state index in [1.165, 1.54) is 0 Å². The number of carbonyl (C=O) groups excluding carboxylic acids is 1. The molecule has 1 aliphatic rings. The van der Waals surface area contributed by atoms with Gasteiger partial charge in [0.05, 0.1) is 6.42 Å². The van der Waals surface area contributed by atoms with Crippen molar-refractivity contribution in [2.45, 2.75) is 6.42 Å². The summed E-state index contributed by atoms with van der Waals surface area (Å²) in [5.74, 6) is -0.213. The van der Waals surface area contributed by atoms with E-state index in [0.29, 0.717) is 11.3 Å². The van der Waals surface area contributed by atoms with E-state index in [4.69, 9.17) is 5.73 Å². The molecule has 3 rings (SSSR count). The minimum atomic E-state index is -0.649. The summed E-state index contributed by atoms with van der Waals surface area (Å²) in [6.45, 7) is 0. The van der Waals surface area contributed by atoms with Gasteiger partial charge in [-0.1, -0.05) is 6.07 Å². The maximum atomic E-state index is 11.9. The summed E-state index contributed by atoms with van der Waals surface area (Å²) >= 11 is 0. The number of H-pyrrole nitrogens is 1. The molecule has 106 valence electrons. The molecule has 1 amide bonds. The fraction of sp³-hybridized carbons (Fsp3) is 0.0667. The predicted octanol–water partition coefficient (Wildman–Crippen LogP) is 0.862. The zero-order chi connectivity index (χ0) is 15.9. The van der Waals surface area contributed by atoms with E-state index >= 15 is 0 Å². The van der Waals surface area contributed by atoms with Crippen LogP contribution in [0.25, 0.3) is 11.1 Å². The third kappa shape index (κ3) is 1.89. The van der Waals surface area contributed by atoms with Gasteiger partial charge in [-0.25, -0.2) is 0 Å². The van der Waals surface area contributed by atoms with Crippen molar-refractivity contribution in [2.75, 3.05) is 11.1 Å². The molecule has 0 aliphatic carbocycles. The smallest absolute Gasteiger partial charge is 0.268 e. The molecule has 0 spiro atoms. The lowest BCUT2D eigenvalue weighted by atomic mass is 9.95. The Labute approximate surface area is 124 Å². The van der Waals surface area contributed by atoms with Crippen LogP contribution >= 0.6 is 0 Å². The molecule has 4 N–H and O–H groups in total. The second-order valence-corrected chi connectivity index (χ2v) is 4.81. The average molecular weight is 291 g/mol. The lowest BCUT2D eigenvalue weighted by Crippen LogP contribution is -2.16. The van der Waals surface area contributed by atoms with Crippen molar-refractivity contribution in [1.82, 2.24) is 4.98 Å². The molecule has 1 aromatic heterocycles. The molecule has 1 aliphatic heterocycles. The van der Waals surface area contributed by atoms with Crippen LogP contribution < -0.4 is 16.6 Å². The van der Waals surface area contributed by atoms with Gasteiger partial charge < -0.3 is 16.0 Å². The Morgan fingerprint density at radius 2 is 1.86 bits per heavy atom. The number of hydrogen-bond acceptors (Lipinski definition) is 5. The van der Waals surface area contributed by atoms with E-state index < -0.39 is 5.56 Å². The Hall–Kier alpha value is -3.58. The Morgan fingerprint density at radius 3 is 2.55 bits per heavy atom. The van der Waals surface area contributed by atoms with Crippen LogP contribution in [0.1, 0.15) is 16.7 Å². The van der Waals surface area contributed by atoms with Crippen LogP contribution in [0.5, 0.6) is 0 Å². The molecule has 7 heteroatoms. The highest BCUT2D eigenvalue weighted by Gasteiger charge is 2.22. The van der Waals surface area contributed by atoms with Gasteiger partial charge in [-0.3, -0.25) is 9.59 Å². The number of anilines is 2. The zero-order valence-electron chi connectivity index (χ0n) is 11.2. The number of aromatic nitrogens is 1. The average Bonchev–Trinajstić information content (AvgIpc) is 2.85. The molecule has 7 nitrogen and oxygen atoms in total. The Morgan fingerprint density at radius 1 is 1.14 bits per heavy atom. The normalized spacial score (nSPS) is 12.2. The number of amides is 1. The van der Waals surface area contributed by atoms with Crippen molar-refractivity contribution in [3.63, 3.8) is 0 Å². The van der Waals surface area contributed by atoms with Gasteiger partial charge in [-0.05, 0) is 23.3 Å². The number of nitrogens with one attached hydrogen (secondary N) is 2. The second-order valence-electron chi connectivity index (χ2n) is 4.81. The number of carbonyl (C=O) groups is 1. The summed E-state index contributed by atoms with van der Waals surface area (Å²) in [6, 6.07) is 8.72. The highest BCUT2D eigenvalue weighted by molar-refractivity contribution is 6.00. The maximum Gasteiger partial charge on any atom is 0.268 e. The summed E-state index contributed by atoms with van der Waals surface area (Å²) < 4.78 is 0. The first-order valence-electron chi connectivity index (χ1n) is 6.34. The summed E-state index contributed by atoms with van der Waals surface area (Å²) in [4.78, 5) is 25.6. The number of fused-ring (bicyclic) bond motifs is 1. The Bertz CT molecular complexity index is 960. The molecule has 0 saturated heterocycles. The van der Waals surface area contributed by atoms with Crippen molar-refractivity contribution in [2.24, 2.45) is 0 Å².